The molecule has 0 bridgehead atoms. The van der Waals surface area contributed by atoms with E-state index in [1.165, 1.54) is 5.56 Å². The van der Waals surface area contributed by atoms with Gasteiger partial charge in [-0.25, -0.2) is 4.98 Å². The molecule has 2 aromatic heterocycles. The van der Waals surface area contributed by atoms with Crippen LogP contribution in [0.3, 0.4) is 0 Å². The fourth-order valence-corrected chi connectivity index (χ4v) is 3.55. The van der Waals surface area contributed by atoms with Crippen molar-refractivity contribution in [1.29, 1.82) is 0 Å². The molecule has 2 N–H and O–H groups in total. The van der Waals surface area contributed by atoms with Gasteiger partial charge in [0.25, 0.3) is 0 Å². The molecule has 0 spiro atoms. The van der Waals surface area contributed by atoms with Gasteiger partial charge < -0.3 is 5.73 Å². The molecule has 0 aromatic carbocycles. The molecular weight excluding hydrogens is 310 g/mol. The summed E-state index contributed by atoms with van der Waals surface area (Å²) >= 11 is 3.43. The molecule has 3 nitrogen and oxygen atoms in total. The number of hydrogen-bond acceptors (Lipinski definition) is 5. The van der Waals surface area contributed by atoms with E-state index in [4.69, 9.17) is 10.7 Å². The van der Waals surface area contributed by atoms with Crippen LogP contribution >= 0.6 is 35.1 Å². The monoisotopic (exact) mass is 331 g/mol. The van der Waals surface area contributed by atoms with Gasteiger partial charge in [0.2, 0.25) is 0 Å². The van der Waals surface area contributed by atoms with Crippen LogP contribution in [-0.2, 0) is 6.54 Å². The number of nitrogens with two attached hydrogens (primary N) is 1. The number of halogens is 1. The maximum Gasteiger partial charge on any atom is 0.124 e. The Morgan fingerprint density at radius 3 is 2.70 bits per heavy atom. The smallest absolute Gasteiger partial charge is 0.124 e. The van der Waals surface area contributed by atoms with Crippen molar-refractivity contribution >= 4 is 35.1 Å². The van der Waals surface area contributed by atoms with Gasteiger partial charge in [-0.3, -0.25) is 4.90 Å². The number of thiophene rings is 1. The first kappa shape index (κ1) is 17.6. The summed E-state index contributed by atoms with van der Waals surface area (Å²) in [6.07, 6.45) is 0. The summed E-state index contributed by atoms with van der Waals surface area (Å²) in [5.74, 6) is 0. The van der Waals surface area contributed by atoms with Gasteiger partial charge in [0.05, 0.1) is 5.69 Å². The molecule has 0 aliphatic rings. The van der Waals surface area contributed by atoms with Gasteiger partial charge >= 0.3 is 0 Å². The third-order valence-electron chi connectivity index (χ3n) is 3.00. The minimum Gasteiger partial charge on any atom is -0.330 e. The average molecular weight is 332 g/mol. The second-order valence-electron chi connectivity index (χ2n) is 5.70. The Hall–Kier alpha value is -0.460. The highest BCUT2D eigenvalue weighted by Gasteiger charge is 2.18. The lowest BCUT2D eigenvalue weighted by atomic mass is 9.93. The minimum absolute atomic E-state index is 0. The van der Waals surface area contributed by atoms with E-state index in [1.54, 1.807) is 22.7 Å². The van der Waals surface area contributed by atoms with E-state index in [2.05, 4.69) is 48.0 Å². The van der Waals surface area contributed by atoms with Crippen LogP contribution in [0.4, 0.5) is 0 Å². The second kappa shape index (κ2) is 7.52. The predicted octanol–water partition coefficient (Wildman–Crippen LogP) is 3.71. The van der Waals surface area contributed by atoms with Crippen LogP contribution in [0.5, 0.6) is 0 Å². The maximum atomic E-state index is 5.78. The second-order valence-corrected chi connectivity index (χ2v) is 7.33. The third-order valence-corrected chi connectivity index (χ3v) is 4.63. The van der Waals surface area contributed by atoms with Crippen molar-refractivity contribution in [2.75, 3.05) is 20.1 Å². The van der Waals surface area contributed by atoms with Crippen LogP contribution in [0.25, 0.3) is 10.6 Å². The van der Waals surface area contributed by atoms with Gasteiger partial charge in [0.15, 0.2) is 0 Å². The Labute approximate surface area is 135 Å². The van der Waals surface area contributed by atoms with E-state index in [0.717, 1.165) is 23.8 Å². The number of aromatic nitrogens is 1. The molecule has 20 heavy (non-hydrogen) atoms. The van der Waals surface area contributed by atoms with Crippen LogP contribution < -0.4 is 5.73 Å². The van der Waals surface area contributed by atoms with Gasteiger partial charge in [-0.1, -0.05) is 13.8 Å². The van der Waals surface area contributed by atoms with Crippen molar-refractivity contribution in [2.24, 2.45) is 11.1 Å². The molecule has 0 aliphatic carbocycles. The summed E-state index contributed by atoms with van der Waals surface area (Å²) in [5.41, 5.74) is 8.30. The summed E-state index contributed by atoms with van der Waals surface area (Å²) in [7, 11) is 2.13. The molecule has 0 fully saturated rings. The fraction of sp³-hybridized carbons (Fsp3) is 0.500. The Morgan fingerprint density at radius 2 is 2.10 bits per heavy atom. The summed E-state index contributed by atoms with van der Waals surface area (Å²) in [5, 5.41) is 7.50. The molecule has 0 radical (unpaired) electrons. The van der Waals surface area contributed by atoms with Gasteiger partial charge in [0, 0.05) is 29.4 Å². The van der Waals surface area contributed by atoms with Crippen molar-refractivity contribution in [2.45, 2.75) is 20.4 Å². The Balaban J connectivity index is 0.00000200. The predicted molar refractivity (Wildman–Crippen MR) is 91.8 cm³/mol. The maximum absolute atomic E-state index is 5.78. The zero-order chi connectivity index (χ0) is 13.9. The molecule has 0 atom stereocenters. The SMILES string of the molecule is CN(Cc1csc(-c2ccsc2)n1)CC(C)(C)CN.Cl. The molecule has 2 heterocycles. The highest BCUT2D eigenvalue weighted by Crippen LogP contribution is 2.26. The molecule has 6 heteroatoms. The number of thiazole rings is 1. The van der Waals surface area contributed by atoms with Crippen LogP contribution in [-0.4, -0.2) is 30.0 Å². The average Bonchev–Trinajstić information content (AvgIpc) is 2.97. The van der Waals surface area contributed by atoms with Crippen LogP contribution in [0, 0.1) is 5.41 Å². The van der Waals surface area contributed by atoms with Crippen LogP contribution in [0.15, 0.2) is 22.2 Å². The van der Waals surface area contributed by atoms with Gasteiger partial charge in [-0.15, -0.1) is 23.7 Å². The zero-order valence-electron chi connectivity index (χ0n) is 12.1. The zero-order valence-corrected chi connectivity index (χ0v) is 14.6. The van der Waals surface area contributed by atoms with Crippen molar-refractivity contribution in [1.82, 2.24) is 9.88 Å². The third kappa shape index (κ3) is 4.82. The van der Waals surface area contributed by atoms with Crippen molar-refractivity contribution in [3.8, 4) is 10.6 Å². The molecule has 0 unspecified atom stereocenters. The van der Waals surface area contributed by atoms with E-state index in [-0.39, 0.29) is 17.8 Å². The van der Waals surface area contributed by atoms with E-state index in [9.17, 15) is 0 Å². The lowest BCUT2D eigenvalue weighted by Crippen LogP contribution is -2.36. The molecule has 0 aliphatic heterocycles. The molecule has 2 aromatic rings. The summed E-state index contributed by atoms with van der Waals surface area (Å²) in [6, 6.07) is 2.12. The van der Waals surface area contributed by atoms with Gasteiger partial charge in [0.1, 0.15) is 5.01 Å². The lowest BCUT2D eigenvalue weighted by molar-refractivity contribution is 0.208. The largest absolute Gasteiger partial charge is 0.330 e. The topological polar surface area (TPSA) is 42.2 Å². The first-order valence-electron chi connectivity index (χ1n) is 6.36. The van der Waals surface area contributed by atoms with Crippen molar-refractivity contribution < 1.29 is 0 Å². The Morgan fingerprint density at radius 1 is 1.35 bits per heavy atom. The number of hydrogen-bond donors (Lipinski definition) is 1. The normalized spacial score (nSPS) is 11.7. The van der Waals surface area contributed by atoms with Crippen LogP contribution in [0.1, 0.15) is 19.5 Å². The molecule has 0 saturated carbocycles. The molecule has 2 rings (SSSR count). The van der Waals surface area contributed by atoms with Gasteiger partial charge in [-0.05, 0) is 30.5 Å². The van der Waals surface area contributed by atoms with Crippen LogP contribution in [0.2, 0.25) is 0 Å². The number of rotatable bonds is 6. The highest BCUT2D eigenvalue weighted by molar-refractivity contribution is 7.14. The van der Waals surface area contributed by atoms with E-state index >= 15 is 0 Å². The van der Waals surface area contributed by atoms with E-state index < -0.39 is 0 Å². The molecular formula is C14H22ClN3S2. The first-order chi connectivity index (χ1) is 9.00. The molecule has 112 valence electrons. The summed E-state index contributed by atoms with van der Waals surface area (Å²) in [6.45, 7) is 6.95. The first-order valence-corrected chi connectivity index (χ1v) is 8.18. The molecule has 0 amide bonds. The number of nitrogens with zero attached hydrogens (tertiary/aromatic N) is 2. The molecule has 0 saturated heterocycles. The van der Waals surface area contributed by atoms with E-state index in [1.807, 2.05) is 0 Å². The van der Waals surface area contributed by atoms with Crippen molar-refractivity contribution in [3.05, 3.63) is 27.9 Å². The van der Waals surface area contributed by atoms with Crippen molar-refractivity contribution in [3.63, 3.8) is 0 Å². The standard InChI is InChI=1S/C14H21N3S2.ClH/c1-14(2,9-15)10-17(3)6-12-8-19-13(16-12)11-4-5-18-7-11;/h4-5,7-8H,6,9-10,15H2,1-3H3;1H. The van der Waals surface area contributed by atoms with E-state index in [0.29, 0.717) is 6.54 Å². The fourth-order valence-electron chi connectivity index (χ4n) is 2.03. The Bertz CT molecular complexity index is 508. The van der Waals surface area contributed by atoms with Gasteiger partial charge in [-0.2, -0.15) is 11.3 Å². The minimum atomic E-state index is 0. The summed E-state index contributed by atoms with van der Waals surface area (Å²) < 4.78 is 0. The lowest BCUT2D eigenvalue weighted by Gasteiger charge is -2.28. The summed E-state index contributed by atoms with van der Waals surface area (Å²) in [4.78, 5) is 6.99. The Kier molecular flexibility index (Phi) is 6.61. The quantitative estimate of drug-likeness (QED) is 0.877. The highest BCUT2D eigenvalue weighted by atomic mass is 35.5.